The smallest absolute Gasteiger partial charge is 0.139 e. The quantitative estimate of drug-likeness (QED) is 0.855. The van der Waals surface area contributed by atoms with Crippen LogP contribution in [-0.2, 0) is 5.60 Å². The third-order valence-electron chi connectivity index (χ3n) is 2.80. The fraction of sp³-hybridized carbons (Fsp3) is 0.200. The molecule has 0 saturated heterocycles. The summed E-state index contributed by atoms with van der Waals surface area (Å²) in [5.74, 6) is -0.912. The lowest BCUT2D eigenvalue weighted by Gasteiger charge is -2.23. The Labute approximate surface area is 115 Å². The number of thioether (sulfide) groups is 1. The van der Waals surface area contributed by atoms with E-state index in [1.165, 1.54) is 23.9 Å². The molecule has 0 aliphatic carbocycles. The Balaban J connectivity index is 2.09. The van der Waals surface area contributed by atoms with Gasteiger partial charge in [0.05, 0.1) is 5.60 Å². The number of benzene rings is 2. The minimum atomic E-state index is -1.06. The fourth-order valence-corrected chi connectivity index (χ4v) is 2.66. The highest BCUT2D eigenvalue weighted by Crippen LogP contribution is 2.30. The van der Waals surface area contributed by atoms with E-state index in [4.69, 9.17) is 0 Å². The summed E-state index contributed by atoms with van der Waals surface area (Å²) in [4.78, 5) is 0.331. The Hall–Kier alpha value is -1.39. The van der Waals surface area contributed by atoms with E-state index in [1.54, 1.807) is 6.92 Å². The molecule has 0 amide bonds. The number of hydrogen-bond acceptors (Lipinski definition) is 2. The van der Waals surface area contributed by atoms with Crippen LogP contribution in [0.3, 0.4) is 0 Å². The Morgan fingerprint density at radius 1 is 1.11 bits per heavy atom. The highest BCUT2D eigenvalue weighted by Gasteiger charge is 2.23. The van der Waals surface area contributed by atoms with Crippen molar-refractivity contribution < 1.29 is 13.9 Å². The van der Waals surface area contributed by atoms with Crippen molar-refractivity contribution in [3.05, 3.63) is 65.7 Å². The lowest BCUT2D eigenvalue weighted by atomic mass is 9.99. The third kappa shape index (κ3) is 3.55. The molecule has 1 N–H and O–H groups in total. The molecule has 0 aliphatic heterocycles. The Morgan fingerprint density at radius 2 is 1.79 bits per heavy atom. The average molecular weight is 280 g/mol. The van der Waals surface area contributed by atoms with Gasteiger partial charge in [-0.15, -0.1) is 11.8 Å². The molecular formula is C15H14F2OS. The minimum Gasteiger partial charge on any atom is -0.385 e. The van der Waals surface area contributed by atoms with Crippen molar-refractivity contribution in [2.24, 2.45) is 0 Å². The first-order valence-corrected chi connectivity index (χ1v) is 6.83. The molecule has 0 fully saturated rings. The molecular weight excluding hydrogens is 266 g/mol. The summed E-state index contributed by atoms with van der Waals surface area (Å²) in [5.41, 5.74) is -0.294. The number of rotatable bonds is 4. The van der Waals surface area contributed by atoms with Crippen molar-refractivity contribution in [3.8, 4) is 0 Å². The highest BCUT2D eigenvalue weighted by atomic mass is 32.2. The number of halogens is 2. The van der Waals surface area contributed by atoms with E-state index in [2.05, 4.69) is 0 Å². The van der Waals surface area contributed by atoms with Crippen LogP contribution in [0.5, 0.6) is 0 Å². The zero-order chi connectivity index (χ0) is 13.9. The van der Waals surface area contributed by atoms with E-state index in [9.17, 15) is 13.9 Å². The summed E-state index contributed by atoms with van der Waals surface area (Å²) in [6, 6.07) is 12.6. The van der Waals surface area contributed by atoms with Crippen LogP contribution in [0.1, 0.15) is 12.5 Å². The van der Waals surface area contributed by atoms with Crippen LogP contribution in [0.15, 0.2) is 53.4 Å². The average Bonchev–Trinajstić information content (AvgIpc) is 2.39. The molecule has 100 valence electrons. The molecule has 0 bridgehead atoms. The second kappa shape index (κ2) is 5.72. The first-order valence-electron chi connectivity index (χ1n) is 5.85. The van der Waals surface area contributed by atoms with Crippen LogP contribution in [0.4, 0.5) is 8.78 Å². The van der Waals surface area contributed by atoms with Gasteiger partial charge in [-0.25, -0.2) is 8.78 Å². The molecule has 0 heterocycles. The van der Waals surface area contributed by atoms with Gasteiger partial charge in [-0.3, -0.25) is 0 Å². The largest absolute Gasteiger partial charge is 0.385 e. The summed E-state index contributed by atoms with van der Waals surface area (Å²) in [6.45, 7) is 1.68. The zero-order valence-corrected chi connectivity index (χ0v) is 11.3. The summed E-state index contributed by atoms with van der Waals surface area (Å²) >= 11 is 1.17. The number of hydrogen-bond donors (Lipinski definition) is 1. The maximum atomic E-state index is 13.5. The van der Waals surface area contributed by atoms with Gasteiger partial charge in [-0.05, 0) is 24.6 Å². The van der Waals surface area contributed by atoms with E-state index >= 15 is 0 Å². The molecule has 0 spiro atoms. The summed E-state index contributed by atoms with van der Waals surface area (Å²) < 4.78 is 26.3. The molecule has 1 unspecified atom stereocenters. The van der Waals surface area contributed by atoms with Gasteiger partial charge >= 0.3 is 0 Å². The minimum absolute atomic E-state index is 0.291. The second-order valence-electron chi connectivity index (χ2n) is 4.50. The van der Waals surface area contributed by atoms with E-state index in [1.807, 2.05) is 30.3 Å². The fourth-order valence-electron chi connectivity index (χ4n) is 1.69. The van der Waals surface area contributed by atoms with Crippen LogP contribution in [0, 0.1) is 11.6 Å². The second-order valence-corrected chi connectivity index (χ2v) is 5.52. The molecule has 19 heavy (non-hydrogen) atoms. The van der Waals surface area contributed by atoms with Crippen molar-refractivity contribution in [1.29, 1.82) is 0 Å². The van der Waals surface area contributed by atoms with Gasteiger partial charge in [-0.2, -0.15) is 0 Å². The lowest BCUT2D eigenvalue weighted by molar-refractivity contribution is 0.0839. The van der Waals surface area contributed by atoms with Crippen LogP contribution >= 0.6 is 11.8 Å². The van der Waals surface area contributed by atoms with E-state index in [0.717, 1.165) is 11.6 Å². The lowest BCUT2D eigenvalue weighted by Crippen LogP contribution is -2.24. The molecule has 2 aromatic carbocycles. The van der Waals surface area contributed by atoms with Gasteiger partial charge in [0.2, 0.25) is 0 Å². The molecule has 0 aromatic heterocycles. The number of aliphatic hydroxyl groups is 1. The van der Waals surface area contributed by atoms with Gasteiger partial charge < -0.3 is 5.11 Å². The monoisotopic (exact) mass is 280 g/mol. The van der Waals surface area contributed by atoms with Gasteiger partial charge in [-0.1, -0.05) is 30.3 Å². The zero-order valence-electron chi connectivity index (χ0n) is 10.4. The van der Waals surface area contributed by atoms with Crippen LogP contribution < -0.4 is 0 Å². The van der Waals surface area contributed by atoms with Gasteiger partial charge in [0.1, 0.15) is 11.6 Å². The van der Waals surface area contributed by atoms with Crippen LogP contribution in [0.25, 0.3) is 0 Å². The van der Waals surface area contributed by atoms with E-state index in [0.29, 0.717) is 10.6 Å². The summed E-state index contributed by atoms with van der Waals surface area (Å²) in [6.07, 6.45) is 0. The predicted octanol–water partition coefficient (Wildman–Crippen LogP) is 3.96. The molecule has 0 radical (unpaired) electrons. The first-order chi connectivity index (χ1) is 8.99. The maximum absolute atomic E-state index is 13.5. The SMILES string of the molecule is CC(O)(CSc1ccc(F)cc1F)c1ccccc1. The normalized spacial score (nSPS) is 14.1. The molecule has 1 nitrogen and oxygen atoms in total. The Morgan fingerprint density at radius 3 is 2.42 bits per heavy atom. The molecule has 4 heteroatoms. The van der Waals surface area contributed by atoms with Crippen molar-refractivity contribution >= 4 is 11.8 Å². The van der Waals surface area contributed by atoms with Crippen LogP contribution in [0.2, 0.25) is 0 Å². The standard InChI is InChI=1S/C15H14F2OS/c1-15(18,11-5-3-2-4-6-11)10-19-14-8-7-12(16)9-13(14)17/h2-9,18H,10H2,1H3. The molecule has 0 aliphatic rings. The molecule has 2 rings (SSSR count). The molecule has 0 saturated carbocycles. The van der Waals surface area contributed by atoms with E-state index < -0.39 is 17.2 Å². The van der Waals surface area contributed by atoms with Crippen molar-refractivity contribution in [2.75, 3.05) is 5.75 Å². The van der Waals surface area contributed by atoms with Gasteiger partial charge in [0.25, 0.3) is 0 Å². The van der Waals surface area contributed by atoms with Crippen LogP contribution in [-0.4, -0.2) is 10.9 Å². The summed E-state index contributed by atoms with van der Waals surface area (Å²) in [7, 11) is 0. The van der Waals surface area contributed by atoms with Gasteiger partial charge in [0.15, 0.2) is 0 Å². The van der Waals surface area contributed by atoms with Crippen molar-refractivity contribution in [1.82, 2.24) is 0 Å². The van der Waals surface area contributed by atoms with Crippen molar-refractivity contribution in [3.63, 3.8) is 0 Å². The first kappa shape index (κ1) is 14.0. The van der Waals surface area contributed by atoms with Gasteiger partial charge in [0, 0.05) is 16.7 Å². The molecule has 2 aromatic rings. The maximum Gasteiger partial charge on any atom is 0.139 e. The topological polar surface area (TPSA) is 20.2 Å². The summed E-state index contributed by atoms with van der Waals surface area (Å²) in [5, 5.41) is 10.4. The Kier molecular flexibility index (Phi) is 4.22. The Bertz CT molecular complexity index is 555. The molecule has 1 atom stereocenters. The predicted molar refractivity (Wildman–Crippen MR) is 73.1 cm³/mol. The van der Waals surface area contributed by atoms with E-state index in [-0.39, 0.29) is 0 Å². The third-order valence-corrected chi connectivity index (χ3v) is 4.15. The van der Waals surface area contributed by atoms with Crippen molar-refractivity contribution in [2.45, 2.75) is 17.4 Å². The highest BCUT2D eigenvalue weighted by molar-refractivity contribution is 7.99.